The maximum Gasteiger partial charge on any atom is 0.416 e. The topological polar surface area (TPSA) is 70.9 Å². The average Bonchev–Trinajstić information content (AvgIpc) is 2.82. The normalized spacial score (nSPS) is 12.9. The van der Waals surface area contributed by atoms with Crippen LogP contribution in [0.4, 0.5) is 13.2 Å². The van der Waals surface area contributed by atoms with Crippen LogP contribution in [0.1, 0.15) is 36.1 Å². The zero-order chi connectivity index (χ0) is 24.7. The van der Waals surface area contributed by atoms with Crippen molar-refractivity contribution in [1.29, 1.82) is 0 Å². The van der Waals surface area contributed by atoms with Gasteiger partial charge in [-0.05, 0) is 42.2 Å². The van der Waals surface area contributed by atoms with Crippen molar-refractivity contribution in [3.63, 3.8) is 0 Å². The predicted molar refractivity (Wildman–Crippen MR) is 124 cm³/mol. The number of nitrogens with one attached hydrogen (secondary N) is 1. The van der Waals surface area contributed by atoms with Gasteiger partial charge in [0.1, 0.15) is 12.6 Å². The fraction of sp³-hybridized carbons (Fsp3) is 0.231. The number of halogens is 3. The minimum atomic E-state index is -4.52. The number of aliphatic carboxylic acids is 1. The molecule has 1 atom stereocenters. The number of carboxylic acids is 1. The van der Waals surface area contributed by atoms with E-state index >= 15 is 0 Å². The van der Waals surface area contributed by atoms with Gasteiger partial charge in [-0.15, -0.1) is 0 Å². The summed E-state index contributed by atoms with van der Waals surface area (Å²) in [5.74, 6) is -0.930. The summed E-state index contributed by atoms with van der Waals surface area (Å²) < 4.78 is 41.0. The number of hydrogen-bond acceptors (Lipinski definition) is 4. The van der Waals surface area contributed by atoms with Gasteiger partial charge in [-0.3, -0.25) is 4.79 Å². The number of rotatable bonds is 9. The Morgan fingerprint density at radius 2 is 1.71 bits per heavy atom. The smallest absolute Gasteiger partial charge is 0.416 e. The Bertz CT molecular complexity index is 1140. The van der Waals surface area contributed by atoms with Crippen molar-refractivity contribution in [2.24, 2.45) is 5.16 Å². The van der Waals surface area contributed by atoms with Gasteiger partial charge in [-0.1, -0.05) is 71.9 Å². The Kier molecular flexibility index (Phi) is 8.07. The van der Waals surface area contributed by atoms with Gasteiger partial charge >= 0.3 is 12.1 Å². The van der Waals surface area contributed by atoms with E-state index in [4.69, 9.17) is 9.94 Å². The third-order valence-corrected chi connectivity index (χ3v) is 5.30. The number of oxime groups is 1. The predicted octanol–water partition coefficient (Wildman–Crippen LogP) is 5.88. The number of hydrogen-bond donors (Lipinski definition) is 2. The number of nitrogens with zero attached hydrogens (tertiary/aromatic N) is 1. The SMILES string of the molecule is CC(=NOCc1ccc(-c2ccccc2)cc1C(F)(F)F)c1ccc(CNC(C)C(=O)O)cc1. The van der Waals surface area contributed by atoms with Crippen molar-refractivity contribution >= 4 is 11.7 Å². The molecule has 34 heavy (non-hydrogen) atoms. The lowest BCUT2D eigenvalue weighted by molar-refractivity contribution is -0.139. The summed E-state index contributed by atoms with van der Waals surface area (Å²) in [4.78, 5) is 16.1. The second kappa shape index (κ2) is 11.0. The summed E-state index contributed by atoms with van der Waals surface area (Å²) in [5, 5.41) is 15.8. The molecule has 2 N–H and O–H groups in total. The van der Waals surface area contributed by atoms with E-state index < -0.39 is 23.8 Å². The van der Waals surface area contributed by atoms with Crippen molar-refractivity contribution in [2.45, 2.75) is 39.2 Å². The largest absolute Gasteiger partial charge is 0.480 e. The zero-order valence-corrected chi connectivity index (χ0v) is 18.8. The van der Waals surface area contributed by atoms with Crippen LogP contribution in [-0.2, 0) is 29.0 Å². The molecule has 0 aliphatic heterocycles. The van der Waals surface area contributed by atoms with E-state index in [2.05, 4.69) is 10.5 Å². The molecule has 0 saturated carbocycles. The van der Waals surface area contributed by atoms with E-state index in [-0.39, 0.29) is 12.2 Å². The number of alkyl halides is 3. The van der Waals surface area contributed by atoms with Crippen molar-refractivity contribution in [2.75, 3.05) is 0 Å². The third kappa shape index (κ3) is 6.68. The Morgan fingerprint density at radius 3 is 2.32 bits per heavy atom. The van der Waals surface area contributed by atoms with Gasteiger partial charge in [0.25, 0.3) is 0 Å². The van der Waals surface area contributed by atoms with Crippen molar-refractivity contribution in [3.05, 3.63) is 95.1 Å². The summed E-state index contributed by atoms with van der Waals surface area (Å²) >= 11 is 0. The second-order valence-corrected chi connectivity index (χ2v) is 7.82. The molecule has 0 saturated heterocycles. The van der Waals surface area contributed by atoms with Crippen LogP contribution >= 0.6 is 0 Å². The van der Waals surface area contributed by atoms with Crippen LogP contribution in [0.3, 0.4) is 0 Å². The Hall–Kier alpha value is -3.65. The second-order valence-electron chi connectivity index (χ2n) is 7.82. The van der Waals surface area contributed by atoms with E-state index in [9.17, 15) is 18.0 Å². The highest BCUT2D eigenvalue weighted by molar-refractivity contribution is 5.98. The van der Waals surface area contributed by atoms with Crippen molar-refractivity contribution in [1.82, 2.24) is 5.32 Å². The molecule has 0 aliphatic rings. The van der Waals surface area contributed by atoms with Gasteiger partial charge in [0, 0.05) is 12.1 Å². The first-order valence-electron chi connectivity index (χ1n) is 10.6. The molecular weight excluding hydrogens is 445 g/mol. The molecule has 8 heteroatoms. The molecule has 0 amide bonds. The molecule has 0 fully saturated rings. The fourth-order valence-electron chi connectivity index (χ4n) is 3.25. The molecule has 0 aromatic heterocycles. The van der Waals surface area contributed by atoms with E-state index in [1.165, 1.54) is 6.07 Å². The van der Waals surface area contributed by atoms with Crippen LogP contribution in [-0.4, -0.2) is 22.8 Å². The van der Waals surface area contributed by atoms with Crippen LogP contribution in [0.25, 0.3) is 11.1 Å². The lowest BCUT2D eigenvalue weighted by Crippen LogP contribution is -2.33. The van der Waals surface area contributed by atoms with Gasteiger partial charge in [0.2, 0.25) is 0 Å². The first-order valence-corrected chi connectivity index (χ1v) is 10.6. The summed E-state index contributed by atoms with van der Waals surface area (Å²) in [6.07, 6.45) is -4.52. The van der Waals surface area contributed by atoms with Crippen molar-refractivity contribution < 1.29 is 27.9 Å². The first-order chi connectivity index (χ1) is 16.1. The summed E-state index contributed by atoms with van der Waals surface area (Å²) in [6.45, 7) is 3.32. The van der Waals surface area contributed by atoms with Gasteiger partial charge in [-0.25, -0.2) is 0 Å². The number of carbonyl (C=O) groups is 1. The minimum absolute atomic E-state index is 0.00213. The number of carboxylic acid groups (broad SMARTS) is 1. The highest BCUT2D eigenvalue weighted by Gasteiger charge is 2.33. The Morgan fingerprint density at radius 1 is 1.03 bits per heavy atom. The van der Waals surface area contributed by atoms with E-state index in [0.717, 1.165) is 17.2 Å². The maximum atomic E-state index is 13.7. The standard InChI is InChI=1S/C26H25F3N2O3/c1-17(20-10-8-19(9-11-20)15-30-18(2)25(32)33)31-34-16-23-13-12-22(14-24(23)26(27,28)29)21-6-4-3-5-7-21/h3-14,18,30H,15-16H2,1-2H3,(H,32,33). The minimum Gasteiger partial charge on any atom is -0.480 e. The third-order valence-electron chi connectivity index (χ3n) is 5.30. The summed E-state index contributed by atoms with van der Waals surface area (Å²) in [7, 11) is 0. The quantitative estimate of drug-likeness (QED) is 0.303. The average molecular weight is 470 g/mol. The molecule has 0 spiro atoms. The van der Waals surface area contributed by atoms with Crippen LogP contribution in [0.5, 0.6) is 0 Å². The van der Waals surface area contributed by atoms with Gasteiger partial charge < -0.3 is 15.3 Å². The fourth-order valence-corrected chi connectivity index (χ4v) is 3.25. The lowest BCUT2D eigenvalue weighted by Gasteiger charge is -2.14. The molecule has 3 aromatic rings. The highest BCUT2D eigenvalue weighted by Crippen LogP contribution is 2.35. The van der Waals surface area contributed by atoms with Crippen LogP contribution in [0, 0.1) is 0 Å². The molecule has 178 valence electrons. The summed E-state index contributed by atoms with van der Waals surface area (Å²) in [6, 6.07) is 19.6. The lowest BCUT2D eigenvalue weighted by atomic mass is 9.99. The molecule has 0 radical (unpaired) electrons. The van der Waals surface area contributed by atoms with Crippen molar-refractivity contribution in [3.8, 4) is 11.1 Å². The van der Waals surface area contributed by atoms with E-state index in [0.29, 0.717) is 23.4 Å². The van der Waals surface area contributed by atoms with Crippen LogP contribution in [0.2, 0.25) is 0 Å². The number of benzene rings is 3. The van der Waals surface area contributed by atoms with E-state index in [1.807, 2.05) is 12.1 Å². The molecule has 0 heterocycles. The first kappa shape index (κ1) is 25.0. The molecule has 5 nitrogen and oxygen atoms in total. The highest BCUT2D eigenvalue weighted by atomic mass is 19.4. The molecular formula is C26H25F3N2O3. The van der Waals surface area contributed by atoms with Gasteiger partial charge in [0.05, 0.1) is 11.3 Å². The molecule has 0 aliphatic carbocycles. The molecule has 3 rings (SSSR count). The zero-order valence-electron chi connectivity index (χ0n) is 18.8. The van der Waals surface area contributed by atoms with Gasteiger partial charge in [-0.2, -0.15) is 13.2 Å². The van der Waals surface area contributed by atoms with E-state index in [1.54, 1.807) is 62.4 Å². The Labute approximate surface area is 195 Å². The Balaban J connectivity index is 1.67. The maximum absolute atomic E-state index is 13.7. The summed E-state index contributed by atoms with van der Waals surface area (Å²) in [5.41, 5.74) is 2.55. The molecule has 1 unspecified atom stereocenters. The monoisotopic (exact) mass is 470 g/mol. The van der Waals surface area contributed by atoms with Crippen LogP contribution < -0.4 is 5.32 Å². The molecule has 0 bridgehead atoms. The molecule has 3 aromatic carbocycles. The van der Waals surface area contributed by atoms with Crippen LogP contribution in [0.15, 0.2) is 78.0 Å². The van der Waals surface area contributed by atoms with Gasteiger partial charge in [0.15, 0.2) is 0 Å².